The van der Waals surface area contributed by atoms with Crippen LogP contribution in [0.4, 0.5) is 0 Å². The molecule has 4 nitrogen and oxygen atoms in total. The molecule has 0 bridgehead atoms. The molecule has 0 radical (unpaired) electrons. The highest BCUT2D eigenvalue weighted by atomic mass is 32.2. The number of hydrogen-bond acceptors (Lipinski definition) is 6. The number of amides is 1. The maximum Gasteiger partial charge on any atom is 0.233 e. The molecule has 1 heterocycles. The standard InChI is InChI=1S/C18H23N3OS3/c1-5-10-19-16(22)13(4)24-18-21-20-17(25-18)23-11-14-6-8-15(9-7-14)12(2)3/h5-9,12-13H,1,10-11H2,2-4H3,(H,19,22). The second-order valence-electron chi connectivity index (χ2n) is 5.81. The van der Waals surface area contributed by atoms with E-state index in [1.807, 2.05) is 6.92 Å². The molecule has 0 aliphatic heterocycles. The van der Waals surface area contributed by atoms with E-state index in [2.05, 4.69) is 60.2 Å². The highest BCUT2D eigenvalue weighted by Gasteiger charge is 2.16. The first-order chi connectivity index (χ1) is 12.0. The van der Waals surface area contributed by atoms with Gasteiger partial charge in [0.15, 0.2) is 8.68 Å². The van der Waals surface area contributed by atoms with Crippen molar-refractivity contribution in [2.45, 2.75) is 46.4 Å². The van der Waals surface area contributed by atoms with Crippen molar-refractivity contribution in [1.29, 1.82) is 0 Å². The van der Waals surface area contributed by atoms with Crippen LogP contribution >= 0.6 is 34.9 Å². The first kappa shape index (κ1) is 20.0. The molecule has 1 amide bonds. The lowest BCUT2D eigenvalue weighted by atomic mass is 10.0. The van der Waals surface area contributed by atoms with Gasteiger partial charge in [-0.05, 0) is 24.0 Å². The molecule has 1 N–H and O–H groups in total. The van der Waals surface area contributed by atoms with Crippen LogP contribution in [0.3, 0.4) is 0 Å². The second kappa shape index (κ2) is 9.99. The Morgan fingerprint density at radius 2 is 1.92 bits per heavy atom. The second-order valence-corrected chi connectivity index (χ2v) is 9.60. The molecular weight excluding hydrogens is 370 g/mol. The summed E-state index contributed by atoms with van der Waals surface area (Å²) in [6.45, 7) is 10.3. The molecule has 0 fully saturated rings. The molecule has 1 aromatic heterocycles. The molecule has 0 spiro atoms. The smallest absolute Gasteiger partial charge is 0.233 e. The SMILES string of the molecule is C=CCNC(=O)C(C)Sc1nnc(SCc2ccc(C(C)C)cc2)s1. The fraction of sp³-hybridized carbons (Fsp3) is 0.389. The molecule has 0 aliphatic rings. The number of carbonyl (C=O) groups is 1. The number of rotatable bonds is 9. The van der Waals surface area contributed by atoms with Crippen LogP contribution < -0.4 is 5.32 Å². The minimum absolute atomic E-state index is 0.0143. The van der Waals surface area contributed by atoms with Gasteiger partial charge in [-0.15, -0.1) is 16.8 Å². The fourth-order valence-corrected chi connectivity index (χ4v) is 5.11. The number of hydrogen-bond donors (Lipinski definition) is 1. The van der Waals surface area contributed by atoms with Crippen molar-refractivity contribution >= 4 is 40.8 Å². The summed E-state index contributed by atoms with van der Waals surface area (Å²) in [6, 6.07) is 8.72. The third-order valence-electron chi connectivity index (χ3n) is 3.46. The van der Waals surface area contributed by atoms with Gasteiger partial charge in [0.05, 0.1) is 5.25 Å². The van der Waals surface area contributed by atoms with E-state index in [4.69, 9.17) is 0 Å². The van der Waals surface area contributed by atoms with Crippen LogP contribution in [-0.4, -0.2) is 27.9 Å². The third-order valence-corrected chi connectivity index (χ3v) is 6.78. The number of aromatic nitrogens is 2. The van der Waals surface area contributed by atoms with Crippen molar-refractivity contribution in [3.63, 3.8) is 0 Å². The van der Waals surface area contributed by atoms with Gasteiger partial charge in [-0.1, -0.05) is 79.0 Å². The maximum absolute atomic E-state index is 11.9. The number of benzene rings is 1. The van der Waals surface area contributed by atoms with E-state index in [0.29, 0.717) is 12.5 Å². The number of thioether (sulfide) groups is 2. The highest BCUT2D eigenvalue weighted by Crippen LogP contribution is 2.32. The topological polar surface area (TPSA) is 54.9 Å². The Hall–Kier alpha value is -1.31. The zero-order chi connectivity index (χ0) is 18.2. The Kier molecular flexibility index (Phi) is 7.99. The molecular formula is C18H23N3OS3. The average molecular weight is 394 g/mol. The number of carbonyl (C=O) groups excluding carboxylic acids is 1. The van der Waals surface area contributed by atoms with Gasteiger partial charge in [-0.25, -0.2) is 0 Å². The van der Waals surface area contributed by atoms with Gasteiger partial charge in [0, 0.05) is 12.3 Å². The normalized spacial score (nSPS) is 12.2. The van der Waals surface area contributed by atoms with E-state index in [9.17, 15) is 4.79 Å². The predicted octanol–water partition coefficient (Wildman–Crippen LogP) is 4.74. The Morgan fingerprint density at radius 1 is 1.24 bits per heavy atom. The molecule has 1 aromatic carbocycles. The highest BCUT2D eigenvalue weighted by molar-refractivity contribution is 8.03. The van der Waals surface area contributed by atoms with Crippen molar-refractivity contribution in [2.75, 3.05) is 6.54 Å². The summed E-state index contributed by atoms with van der Waals surface area (Å²) in [5.74, 6) is 1.40. The predicted molar refractivity (Wildman–Crippen MR) is 109 cm³/mol. The van der Waals surface area contributed by atoms with Crippen LogP contribution in [0.1, 0.15) is 37.8 Å². The zero-order valence-corrected chi connectivity index (χ0v) is 17.1. The molecule has 2 aromatic rings. The van der Waals surface area contributed by atoms with Crippen molar-refractivity contribution < 1.29 is 4.79 Å². The van der Waals surface area contributed by atoms with Crippen LogP contribution in [-0.2, 0) is 10.5 Å². The van der Waals surface area contributed by atoms with Crippen molar-refractivity contribution in [1.82, 2.24) is 15.5 Å². The van der Waals surface area contributed by atoms with Crippen LogP contribution in [0.25, 0.3) is 0 Å². The van der Waals surface area contributed by atoms with E-state index >= 15 is 0 Å². The lowest BCUT2D eigenvalue weighted by Gasteiger charge is -2.08. The molecule has 7 heteroatoms. The van der Waals surface area contributed by atoms with Crippen molar-refractivity contribution in [3.8, 4) is 0 Å². The Bertz CT molecular complexity index is 698. The summed E-state index contributed by atoms with van der Waals surface area (Å²) in [4.78, 5) is 11.9. The van der Waals surface area contributed by atoms with Crippen LogP contribution in [0.2, 0.25) is 0 Å². The fourth-order valence-electron chi connectivity index (χ4n) is 1.97. The molecule has 2 rings (SSSR count). The molecule has 0 saturated heterocycles. The summed E-state index contributed by atoms with van der Waals surface area (Å²) < 4.78 is 1.74. The Morgan fingerprint density at radius 3 is 2.56 bits per heavy atom. The number of nitrogens with zero attached hydrogens (tertiary/aromatic N) is 2. The van der Waals surface area contributed by atoms with Crippen molar-refractivity contribution in [3.05, 3.63) is 48.0 Å². The van der Waals surface area contributed by atoms with Crippen LogP contribution in [0.5, 0.6) is 0 Å². The van der Waals surface area contributed by atoms with Gasteiger partial charge >= 0.3 is 0 Å². The minimum Gasteiger partial charge on any atom is -0.352 e. The van der Waals surface area contributed by atoms with Gasteiger partial charge < -0.3 is 5.32 Å². The summed E-state index contributed by atoms with van der Waals surface area (Å²) in [5.41, 5.74) is 2.63. The maximum atomic E-state index is 11.9. The minimum atomic E-state index is -0.200. The van der Waals surface area contributed by atoms with E-state index in [1.54, 1.807) is 17.8 Å². The summed E-state index contributed by atoms with van der Waals surface area (Å²) in [6.07, 6.45) is 1.67. The van der Waals surface area contributed by atoms with Gasteiger partial charge in [0.25, 0.3) is 0 Å². The van der Waals surface area contributed by atoms with E-state index < -0.39 is 0 Å². The first-order valence-corrected chi connectivity index (χ1v) is 10.8. The molecule has 134 valence electrons. The Balaban J connectivity index is 1.84. The lowest BCUT2D eigenvalue weighted by Crippen LogP contribution is -2.30. The van der Waals surface area contributed by atoms with E-state index in [0.717, 1.165) is 14.4 Å². The number of nitrogens with one attached hydrogen (secondary N) is 1. The van der Waals surface area contributed by atoms with E-state index in [1.165, 1.54) is 34.2 Å². The average Bonchev–Trinajstić information content (AvgIpc) is 3.05. The lowest BCUT2D eigenvalue weighted by molar-refractivity contribution is -0.120. The monoisotopic (exact) mass is 393 g/mol. The summed E-state index contributed by atoms with van der Waals surface area (Å²) >= 11 is 4.64. The van der Waals surface area contributed by atoms with Gasteiger partial charge in [-0.3, -0.25) is 4.79 Å². The summed E-state index contributed by atoms with van der Waals surface area (Å²) in [5, 5.41) is 11.0. The van der Waals surface area contributed by atoms with Crippen LogP contribution in [0, 0.1) is 0 Å². The molecule has 25 heavy (non-hydrogen) atoms. The summed E-state index contributed by atoms with van der Waals surface area (Å²) in [7, 11) is 0. The third kappa shape index (κ3) is 6.49. The van der Waals surface area contributed by atoms with E-state index in [-0.39, 0.29) is 11.2 Å². The molecule has 0 aliphatic carbocycles. The van der Waals surface area contributed by atoms with Crippen LogP contribution in [0.15, 0.2) is 45.6 Å². The first-order valence-electron chi connectivity index (χ1n) is 8.10. The largest absolute Gasteiger partial charge is 0.352 e. The molecule has 1 atom stereocenters. The van der Waals surface area contributed by atoms with Gasteiger partial charge in [0.1, 0.15) is 0 Å². The van der Waals surface area contributed by atoms with Gasteiger partial charge in [0.2, 0.25) is 5.91 Å². The van der Waals surface area contributed by atoms with Gasteiger partial charge in [-0.2, -0.15) is 0 Å². The Labute approximate surface area is 161 Å². The quantitative estimate of drug-likeness (QED) is 0.493. The zero-order valence-electron chi connectivity index (χ0n) is 14.7. The molecule has 0 saturated carbocycles. The molecule has 1 unspecified atom stereocenters. The van der Waals surface area contributed by atoms with Crippen molar-refractivity contribution in [2.24, 2.45) is 0 Å².